The molecule has 6 heteroatoms. The molecule has 2 saturated heterocycles. The Bertz CT molecular complexity index is 451. The van der Waals surface area contributed by atoms with Crippen molar-refractivity contribution in [3.8, 4) is 0 Å². The molecule has 116 valence electrons. The molecule has 1 aromatic heterocycles. The van der Waals surface area contributed by atoms with Gasteiger partial charge in [-0.05, 0) is 24.3 Å². The first-order chi connectivity index (χ1) is 10.3. The predicted octanol–water partition coefficient (Wildman–Crippen LogP) is 1.75. The Hall–Kier alpha value is -1.11. The van der Waals surface area contributed by atoms with Gasteiger partial charge in [0.2, 0.25) is 0 Å². The van der Waals surface area contributed by atoms with Crippen LogP contribution < -0.4 is 5.32 Å². The molecule has 0 atom stereocenters. The molecule has 5 nitrogen and oxygen atoms in total. The fourth-order valence-corrected chi connectivity index (χ4v) is 3.66. The van der Waals surface area contributed by atoms with Crippen molar-refractivity contribution in [2.24, 2.45) is 0 Å². The Kier molecular flexibility index (Phi) is 4.77. The number of hydrogen-bond donors (Lipinski definition) is 1. The number of ether oxygens (including phenoxy) is 1. The summed E-state index contributed by atoms with van der Waals surface area (Å²) in [6.07, 6.45) is 2.64. The second-order valence-corrected chi connectivity index (χ2v) is 6.80. The zero-order valence-electron chi connectivity index (χ0n) is 12.5. The molecule has 0 saturated carbocycles. The third kappa shape index (κ3) is 3.56. The number of methoxy groups -OCH3 is 1. The van der Waals surface area contributed by atoms with E-state index in [0.29, 0.717) is 18.7 Å². The van der Waals surface area contributed by atoms with Gasteiger partial charge in [-0.1, -0.05) is 6.07 Å². The zero-order chi connectivity index (χ0) is 14.7. The number of urea groups is 1. The summed E-state index contributed by atoms with van der Waals surface area (Å²) in [5.41, 5.74) is 0. The van der Waals surface area contributed by atoms with Gasteiger partial charge in [0.15, 0.2) is 0 Å². The van der Waals surface area contributed by atoms with Crippen molar-refractivity contribution in [2.75, 3.05) is 33.3 Å². The van der Waals surface area contributed by atoms with Crippen LogP contribution in [0, 0.1) is 0 Å². The number of nitrogens with zero attached hydrogens (tertiary/aromatic N) is 2. The van der Waals surface area contributed by atoms with Crippen LogP contribution in [0.5, 0.6) is 0 Å². The molecule has 2 aliphatic rings. The molecule has 1 aromatic rings. The standard InChI is InChI=1S/C15H23N3O2S/c1-20-13-4-6-17(7-5-13)12-10-18(11-12)15(19)16-9-14-3-2-8-21-14/h2-3,8,12-13H,4-7,9-11H2,1H3,(H,16,19). The number of piperidine rings is 1. The molecule has 0 unspecified atom stereocenters. The van der Waals surface area contributed by atoms with E-state index in [0.717, 1.165) is 39.0 Å². The van der Waals surface area contributed by atoms with E-state index in [9.17, 15) is 4.79 Å². The highest BCUT2D eigenvalue weighted by atomic mass is 32.1. The van der Waals surface area contributed by atoms with Crippen LogP contribution >= 0.6 is 11.3 Å². The maximum Gasteiger partial charge on any atom is 0.317 e. The Morgan fingerprint density at radius 3 is 2.81 bits per heavy atom. The average Bonchev–Trinajstić information content (AvgIpc) is 2.97. The maximum atomic E-state index is 12.0. The highest BCUT2D eigenvalue weighted by Gasteiger charge is 2.36. The zero-order valence-corrected chi connectivity index (χ0v) is 13.3. The molecule has 0 radical (unpaired) electrons. The second-order valence-electron chi connectivity index (χ2n) is 5.77. The van der Waals surface area contributed by atoms with Crippen LogP contribution in [0.15, 0.2) is 17.5 Å². The molecule has 2 aliphatic heterocycles. The van der Waals surface area contributed by atoms with Crippen LogP contribution in [0.2, 0.25) is 0 Å². The van der Waals surface area contributed by atoms with Crippen LogP contribution in [0.1, 0.15) is 17.7 Å². The van der Waals surface area contributed by atoms with Crippen molar-refractivity contribution < 1.29 is 9.53 Å². The number of likely N-dealkylation sites (tertiary alicyclic amines) is 2. The Balaban J connectivity index is 1.36. The monoisotopic (exact) mass is 309 g/mol. The topological polar surface area (TPSA) is 44.8 Å². The Morgan fingerprint density at radius 2 is 2.19 bits per heavy atom. The maximum absolute atomic E-state index is 12.0. The number of amides is 2. The molecule has 3 heterocycles. The lowest BCUT2D eigenvalue weighted by atomic mass is 10.0. The van der Waals surface area contributed by atoms with Gasteiger partial charge >= 0.3 is 6.03 Å². The summed E-state index contributed by atoms with van der Waals surface area (Å²) in [6, 6.07) is 4.65. The van der Waals surface area contributed by atoms with E-state index in [1.807, 2.05) is 22.4 Å². The van der Waals surface area contributed by atoms with E-state index >= 15 is 0 Å². The van der Waals surface area contributed by atoms with Gasteiger partial charge in [-0.3, -0.25) is 4.90 Å². The van der Waals surface area contributed by atoms with E-state index in [4.69, 9.17) is 4.74 Å². The lowest BCUT2D eigenvalue weighted by Crippen LogP contribution is -2.64. The summed E-state index contributed by atoms with van der Waals surface area (Å²) in [6.45, 7) is 4.53. The summed E-state index contributed by atoms with van der Waals surface area (Å²) < 4.78 is 5.40. The summed E-state index contributed by atoms with van der Waals surface area (Å²) in [5.74, 6) is 0. The summed E-state index contributed by atoms with van der Waals surface area (Å²) in [7, 11) is 1.79. The second kappa shape index (κ2) is 6.77. The first-order valence-electron chi connectivity index (χ1n) is 7.58. The van der Waals surface area contributed by atoms with E-state index in [-0.39, 0.29) is 6.03 Å². The largest absolute Gasteiger partial charge is 0.381 e. The van der Waals surface area contributed by atoms with Crippen molar-refractivity contribution in [3.05, 3.63) is 22.4 Å². The van der Waals surface area contributed by atoms with Gasteiger partial charge in [-0.2, -0.15) is 0 Å². The minimum atomic E-state index is 0.0615. The van der Waals surface area contributed by atoms with E-state index in [2.05, 4.69) is 10.2 Å². The SMILES string of the molecule is COC1CCN(C2CN(C(=O)NCc3cccs3)C2)CC1. The molecule has 2 amide bonds. The van der Waals surface area contributed by atoms with Crippen LogP contribution in [0.3, 0.4) is 0 Å². The van der Waals surface area contributed by atoms with Crippen LogP contribution in [-0.4, -0.2) is 61.3 Å². The van der Waals surface area contributed by atoms with E-state index < -0.39 is 0 Å². The molecule has 0 spiro atoms. The summed E-state index contributed by atoms with van der Waals surface area (Å²) >= 11 is 1.67. The molecule has 3 rings (SSSR count). The normalized spacial score (nSPS) is 21.3. The third-order valence-corrected chi connectivity index (χ3v) is 5.35. The van der Waals surface area contributed by atoms with Crippen molar-refractivity contribution in [3.63, 3.8) is 0 Å². The molecule has 0 aromatic carbocycles. The smallest absolute Gasteiger partial charge is 0.317 e. The van der Waals surface area contributed by atoms with Crippen molar-refractivity contribution in [1.82, 2.24) is 15.1 Å². The van der Waals surface area contributed by atoms with Gasteiger partial charge in [0.1, 0.15) is 0 Å². The Morgan fingerprint density at radius 1 is 1.43 bits per heavy atom. The minimum Gasteiger partial charge on any atom is -0.381 e. The number of hydrogen-bond acceptors (Lipinski definition) is 4. The Labute approximate surface area is 129 Å². The van der Waals surface area contributed by atoms with Crippen molar-refractivity contribution >= 4 is 17.4 Å². The fraction of sp³-hybridized carbons (Fsp3) is 0.667. The molecule has 2 fully saturated rings. The number of carbonyl (C=O) groups excluding carboxylic acids is 1. The lowest BCUT2D eigenvalue weighted by Gasteiger charge is -2.47. The predicted molar refractivity (Wildman–Crippen MR) is 83.5 cm³/mol. The third-order valence-electron chi connectivity index (χ3n) is 4.47. The van der Waals surface area contributed by atoms with Gasteiger partial charge < -0.3 is 15.0 Å². The summed E-state index contributed by atoms with van der Waals surface area (Å²) in [5, 5.41) is 5.02. The summed E-state index contributed by atoms with van der Waals surface area (Å²) in [4.78, 5) is 17.6. The van der Waals surface area contributed by atoms with Crippen LogP contribution in [-0.2, 0) is 11.3 Å². The van der Waals surface area contributed by atoms with Crippen LogP contribution in [0.4, 0.5) is 4.79 Å². The fourth-order valence-electron chi connectivity index (χ4n) is 3.02. The number of nitrogens with one attached hydrogen (secondary N) is 1. The first-order valence-corrected chi connectivity index (χ1v) is 8.46. The molecule has 0 aliphatic carbocycles. The number of carbonyl (C=O) groups is 1. The van der Waals surface area contributed by atoms with Gasteiger partial charge in [0.05, 0.1) is 12.6 Å². The molecule has 1 N–H and O–H groups in total. The quantitative estimate of drug-likeness (QED) is 0.922. The van der Waals surface area contributed by atoms with Gasteiger partial charge in [0.25, 0.3) is 0 Å². The van der Waals surface area contributed by atoms with E-state index in [1.54, 1.807) is 18.4 Å². The minimum absolute atomic E-state index is 0.0615. The van der Waals surface area contributed by atoms with Gasteiger partial charge in [0, 0.05) is 44.2 Å². The number of rotatable bonds is 4. The first kappa shape index (κ1) is 14.8. The highest BCUT2D eigenvalue weighted by Crippen LogP contribution is 2.21. The van der Waals surface area contributed by atoms with E-state index in [1.165, 1.54) is 4.88 Å². The average molecular weight is 309 g/mol. The van der Waals surface area contributed by atoms with Crippen molar-refractivity contribution in [2.45, 2.75) is 31.5 Å². The molecular weight excluding hydrogens is 286 g/mol. The molecule has 0 bridgehead atoms. The van der Waals surface area contributed by atoms with Gasteiger partial charge in [-0.15, -0.1) is 11.3 Å². The number of thiophene rings is 1. The van der Waals surface area contributed by atoms with Crippen LogP contribution in [0.25, 0.3) is 0 Å². The van der Waals surface area contributed by atoms with Crippen molar-refractivity contribution in [1.29, 1.82) is 0 Å². The molecular formula is C15H23N3O2S. The van der Waals surface area contributed by atoms with Gasteiger partial charge in [-0.25, -0.2) is 4.79 Å². The lowest BCUT2D eigenvalue weighted by molar-refractivity contribution is -0.00518. The molecule has 21 heavy (non-hydrogen) atoms. The highest BCUT2D eigenvalue weighted by molar-refractivity contribution is 7.09.